The SMILES string of the molecule is CC(C)(C)OC(=O)NC(Cc1ccccc1)C(=O)Nc1cccc(B2OC(C)(C)C(C)(C)O2)c1. The molecule has 0 aromatic heterocycles. The molecule has 2 aromatic carbocycles. The minimum absolute atomic E-state index is 0.322. The van der Waals surface area contributed by atoms with Crippen molar-refractivity contribution in [1.82, 2.24) is 5.32 Å². The highest BCUT2D eigenvalue weighted by Gasteiger charge is 2.51. The summed E-state index contributed by atoms with van der Waals surface area (Å²) in [7, 11) is -0.540. The van der Waals surface area contributed by atoms with Gasteiger partial charge in [0.15, 0.2) is 0 Å². The number of anilines is 1. The van der Waals surface area contributed by atoms with Gasteiger partial charge in [0.05, 0.1) is 11.2 Å². The van der Waals surface area contributed by atoms with Gasteiger partial charge in [-0.3, -0.25) is 4.79 Å². The largest absolute Gasteiger partial charge is 0.494 e. The van der Waals surface area contributed by atoms with Crippen LogP contribution >= 0.6 is 0 Å². The topological polar surface area (TPSA) is 85.9 Å². The van der Waals surface area contributed by atoms with E-state index in [0.29, 0.717) is 12.1 Å². The molecule has 2 amide bonds. The first-order valence-corrected chi connectivity index (χ1v) is 11.6. The Labute approximate surface area is 202 Å². The Morgan fingerprint density at radius 2 is 1.59 bits per heavy atom. The van der Waals surface area contributed by atoms with E-state index in [-0.39, 0.29) is 5.91 Å². The van der Waals surface area contributed by atoms with Crippen LogP contribution in [0.3, 0.4) is 0 Å². The van der Waals surface area contributed by atoms with Gasteiger partial charge < -0.3 is 24.7 Å². The number of ether oxygens (including phenoxy) is 1. The van der Waals surface area contributed by atoms with E-state index in [1.165, 1.54) is 0 Å². The first kappa shape index (κ1) is 25.8. The van der Waals surface area contributed by atoms with Crippen molar-refractivity contribution in [2.45, 2.75) is 77.7 Å². The minimum Gasteiger partial charge on any atom is -0.444 e. The van der Waals surface area contributed by atoms with Crippen LogP contribution in [0.1, 0.15) is 54.0 Å². The average molecular weight is 466 g/mol. The number of benzene rings is 2. The molecule has 34 heavy (non-hydrogen) atoms. The number of carbonyl (C=O) groups excluding carboxylic acids is 2. The van der Waals surface area contributed by atoms with E-state index >= 15 is 0 Å². The van der Waals surface area contributed by atoms with E-state index in [4.69, 9.17) is 14.0 Å². The van der Waals surface area contributed by atoms with Crippen molar-refractivity contribution in [1.29, 1.82) is 0 Å². The molecule has 0 radical (unpaired) electrons. The third-order valence-electron chi connectivity index (χ3n) is 5.97. The molecule has 7 nitrogen and oxygen atoms in total. The van der Waals surface area contributed by atoms with Gasteiger partial charge in [-0.05, 0) is 71.6 Å². The molecule has 2 N–H and O–H groups in total. The van der Waals surface area contributed by atoms with Crippen molar-refractivity contribution < 1.29 is 23.6 Å². The second-order valence-corrected chi connectivity index (χ2v) is 10.6. The highest BCUT2D eigenvalue weighted by atomic mass is 16.7. The van der Waals surface area contributed by atoms with Crippen molar-refractivity contribution in [2.75, 3.05) is 5.32 Å². The van der Waals surface area contributed by atoms with Gasteiger partial charge in [0.2, 0.25) is 5.91 Å². The second kappa shape index (κ2) is 9.80. The van der Waals surface area contributed by atoms with E-state index in [9.17, 15) is 9.59 Å². The van der Waals surface area contributed by atoms with Gasteiger partial charge in [-0.2, -0.15) is 0 Å². The van der Waals surface area contributed by atoms with Crippen LogP contribution in [0.5, 0.6) is 0 Å². The number of alkyl carbamates (subject to hydrolysis) is 1. The first-order chi connectivity index (χ1) is 15.8. The quantitative estimate of drug-likeness (QED) is 0.628. The van der Waals surface area contributed by atoms with Gasteiger partial charge in [-0.25, -0.2) is 4.79 Å². The summed E-state index contributed by atoms with van der Waals surface area (Å²) in [5, 5.41) is 5.63. The zero-order valence-electron chi connectivity index (χ0n) is 21.1. The molecule has 1 saturated heterocycles. The summed E-state index contributed by atoms with van der Waals surface area (Å²) < 4.78 is 17.6. The lowest BCUT2D eigenvalue weighted by Gasteiger charge is -2.32. The zero-order chi connectivity index (χ0) is 25.1. The Hall–Kier alpha value is -2.84. The predicted octanol–water partition coefficient (Wildman–Crippen LogP) is 4.06. The summed E-state index contributed by atoms with van der Waals surface area (Å²) in [5.41, 5.74) is 0.709. The first-order valence-electron chi connectivity index (χ1n) is 11.6. The molecule has 182 valence electrons. The molecule has 1 unspecified atom stereocenters. The third kappa shape index (κ3) is 6.61. The smallest absolute Gasteiger partial charge is 0.444 e. The van der Waals surface area contributed by atoms with Crippen molar-refractivity contribution in [2.24, 2.45) is 0 Å². The fraction of sp³-hybridized carbons (Fsp3) is 0.462. The van der Waals surface area contributed by atoms with E-state index in [1.54, 1.807) is 26.8 Å². The second-order valence-electron chi connectivity index (χ2n) is 10.6. The van der Waals surface area contributed by atoms with E-state index in [1.807, 2.05) is 76.2 Å². The van der Waals surface area contributed by atoms with Gasteiger partial charge in [-0.15, -0.1) is 0 Å². The molecule has 1 atom stereocenters. The summed E-state index contributed by atoms with van der Waals surface area (Å²) in [4.78, 5) is 25.6. The van der Waals surface area contributed by atoms with Gasteiger partial charge in [-0.1, -0.05) is 42.5 Å². The van der Waals surface area contributed by atoms with Crippen molar-refractivity contribution in [3.63, 3.8) is 0 Å². The molecule has 3 rings (SSSR count). The van der Waals surface area contributed by atoms with Crippen LogP contribution in [0.2, 0.25) is 0 Å². The predicted molar refractivity (Wildman–Crippen MR) is 134 cm³/mol. The minimum atomic E-state index is -0.822. The maximum Gasteiger partial charge on any atom is 0.494 e. The lowest BCUT2D eigenvalue weighted by atomic mass is 9.79. The Kier molecular flexibility index (Phi) is 7.43. The summed E-state index contributed by atoms with van der Waals surface area (Å²) in [6, 6.07) is 16.1. The fourth-order valence-corrected chi connectivity index (χ4v) is 3.48. The number of nitrogens with one attached hydrogen (secondary N) is 2. The van der Waals surface area contributed by atoms with Crippen LogP contribution in [0, 0.1) is 0 Å². The third-order valence-corrected chi connectivity index (χ3v) is 5.97. The van der Waals surface area contributed by atoms with E-state index in [0.717, 1.165) is 11.0 Å². The van der Waals surface area contributed by atoms with E-state index in [2.05, 4.69) is 10.6 Å². The summed E-state index contributed by atoms with van der Waals surface area (Å²) >= 11 is 0. The van der Waals surface area contributed by atoms with Crippen LogP contribution in [0.4, 0.5) is 10.5 Å². The molecule has 0 spiro atoms. The maximum atomic E-state index is 13.2. The van der Waals surface area contributed by atoms with Crippen molar-refractivity contribution in [3.05, 3.63) is 60.2 Å². The number of carbonyl (C=O) groups is 2. The Balaban J connectivity index is 1.75. The highest BCUT2D eigenvalue weighted by molar-refractivity contribution is 6.62. The molecule has 1 heterocycles. The number of hydrogen-bond acceptors (Lipinski definition) is 5. The molecular weight excluding hydrogens is 431 g/mol. The standard InChI is InChI=1S/C26H35BN2O5/c1-24(2,3)32-23(31)29-21(16-18-12-9-8-10-13-18)22(30)28-20-15-11-14-19(17-20)27-33-25(4,5)26(6,7)34-27/h8-15,17,21H,16H2,1-7H3,(H,28,30)(H,29,31). The molecule has 2 aromatic rings. The van der Waals surface area contributed by atoms with Crippen molar-refractivity contribution >= 4 is 30.3 Å². The molecule has 1 aliphatic heterocycles. The van der Waals surface area contributed by atoms with Crippen molar-refractivity contribution in [3.8, 4) is 0 Å². The van der Waals surface area contributed by atoms with Crippen LogP contribution in [-0.2, 0) is 25.3 Å². The Morgan fingerprint density at radius 3 is 2.18 bits per heavy atom. The molecule has 0 saturated carbocycles. The monoisotopic (exact) mass is 466 g/mol. The Morgan fingerprint density at radius 1 is 0.971 bits per heavy atom. The summed E-state index contributed by atoms with van der Waals surface area (Å²) in [6.07, 6.45) is -0.322. The fourth-order valence-electron chi connectivity index (χ4n) is 3.48. The van der Waals surface area contributed by atoms with Crippen LogP contribution in [0.15, 0.2) is 54.6 Å². The Bertz CT molecular complexity index is 1000. The normalized spacial score (nSPS) is 17.7. The van der Waals surface area contributed by atoms with Crippen LogP contribution < -0.4 is 16.1 Å². The summed E-state index contributed by atoms with van der Waals surface area (Å²) in [5.74, 6) is -0.346. The maximum absolute atomic E-state index is 13.2. The van der Waals surface area contributed by atoms with Crippen LogP contribution in [-0.4, -0.2) is 42.0 Å². The number of rotatable bonds is 6. The lowest BCUT2D eigenvalue weighted by Crippen LogP contribution is -2.47. The molecule has 0 bridgehead atoms. The lowest BCUT2D eigenvalue weighted by molar-refractivity contribution is -0.118. The zero-order valence-corrected chi connectivity index (χ0v) is 21.1. The van der Waals surface area contributed by atoms with E-state index < -0.39 is 36.1 Å². The highest BCUT2D eigenvalue weighted by Crippen LogP contribution is 2.36. The number of hydrogen-bond donors (Lipinski definition) is 2. The molecule has 0 aliphatic carbocycles. The van der Waals surface area contributed by atoms with Gasteiger partial charge in [0.1, 0.15) is 11.6 Å². The molecule has 1 fully saturated rings. The number of amides is 2. The van der Waals surface area contributed by atoms with Gasteiger partial charge in [0.25, 0.3) is 0 Å². The molecular formula is C26H35BN2O5. The van der Waals surface area contributed by atoms with Gasteiger partial charge in [0, 0.05) is 12.1 Å². The molecule has 1 aliphatic rings. The van der Waals surface area contributed by atoms with Crippen LogP contribution in [0.25, 0.3) is 0 Å². The molecule has 8 heteroatoms. The summed E-state index contributed by atoms with van der Waals surface area (Å²) in [6.45, 7) is 13.3. The van der Waals surface area contributed by atoms with Gasteiger partial charge >= 0.3 is 13.2 Å². The average Bonchev–Trinajstić information content (AvgIpc) is 2.94.